The van der Waals surface area contributed by atoms with E-state index in [1.54, 1.807) is 0 Å². The highest BCUT2D eigenvalue weighted by molar-refractivity contribution is 7.91. The summed E-state index contributed by atoms with van der Waals surface area (Å²) in [6.45, 7) is 6.25. The van der Waals surface area contributed by atoms with Crippen molar-refractivity contribution in [3.05, 3.63) is 0 Å². The Hall–Kier alpha value is -0.130. The highest BCUT2D eigenvalue weighted by Gasteiger charge is 2.37. The van der Waals surface area contributed by atoms with Crippen LogP contribution in [0.1, 0.15) is 27.2 Å². The average molecular weight is 235 g/mol. The van der Waals surface area contributed by atoms with Crippen molar-refractivity contribution in [2.75, 3.05) is 11.5 Å². The Bertz CT molecular complexity index is 300. The van der Waals surface area contributed by atoms with Gasteiger partial charge in [0.1, 0.15) is 0 Å². The quantitative estimate of drug-likeness (QED) is 0.729. The van der Waals surface area contributed by atoms with Crippen LogP contribution in [-0.4, -0.2) is 43.2 Å². The van der Waals surface area contributed by atoms with Gasteiger partial charge >= 0.3 is 0 Å². The lowest BCUT2D eigenvalue weighted by Gasteiger charge is -2.26. The van der Waals surface area contributed by atoms with Crippen LogP contribution in [0.15, 0.2) is 0 Å². The van der Waals surface area contributed by atoms with Crippen LogP contribution in [-0.2, 0) is 9.84 Å². The topological polar surface area (TPSA) is 66.4 Å². The van der Waals surface area contributed by atoms with Gasteiger partial charge in [-0.25, -0.2) is 8.42 Å². The van der Waals surface area contributed by atoms with Gasteiger partial charge in [0, 0.05) is 12.1 Å². The van der Waals surface area contributed by atoms with Gasteiger partial charge in [-0.3, -0.25) is 0 Å². The van der Waals surface area contributed by atoms with E-state index in [1.165, 1.54) is 0 Å². The second-order valence-electron chi connectivity index (χ2n) is 4.68. The van der Waals surface area contributed by atoms with Crippen molar-refractivity contribution >= 4 is 9.84 Å². The SMILES string of the molecule is CCC(NC1CS(=O)(=O)CC1O)C(C)C. The molecule has 0 aromatic rings. The van der Waals surface area contributed by atoms with Crippen LogP contribution in [0.5, 0.6) is 0 Å². The maximum Gasteiger partial charge on any atom is 0.154 e. The lowest BCUT2D eigenvalue weighted by atomic mass is 10.0. The van der Waals surface area contributed by atoms with Crippen LogP contribution >= 0.6 is 0 Å². The van der Waals surface area contributed by atoms with Crippen molar-refractivity contribution in [2.24, 2.45) is 5.92 Å². The molecule has 4 nitrogen and oxygen atoms in total. The first-order valence-electron chi connectivity index (χ1n) is 5.50. The fraction of sp³-hybridized carbons (Fsp3) is 1.00. The molecule has 5 heteroatoms. The molecule has 3 atom stereocenters. The van der Waals surface area contributed by atoms with Crippen LogP contribution in [0.3, 0.4) is 0 Å². The van der Waals surface area contributed by atoms with Gasteiger partial charge in [0.15, 0.2) is 9.84 Å². The van der Waals surface area contributed by atoms with E-state index in [-0.39, 0.29) is 23.6 Å². The molecule has 15 heavy (non-hydrogen) atoms. The highest BCUT2D eigenvalue weighted by atomic mass is 32.2. The molecule has 3 unspecified atom stereocenters. The lowest BCUT2D eigenvalue weighted by Crippen LogP contribution is -2.46. The first-order chi connectivity index (χ1) is 6.85. The summed E-state index contributed by atoms with van der Waals surface area (Å²) in [5.41, 5.74) is 0. The van der Waals surface area contributed by atoms with Crippen molar-refractivity contribution in [3.63, 3.8) is 0 Å². The molecule has 1 aliphatic heterocycles. The van der Waals surface area contributed by atoms with Gasteiger partial charge in [0.05, 0.1) is 17.6 Å². The molecule has 0 aromatic heterocycles. The second kappa shape index (κ2) is 4.80. The van der Waals surface area contributed by atoms with Crippen molar-refractivity contribution in [2.45, 2.75) is 45.4 Å². The fourth-order valence-corrected chi connectivity index (χ4v) is 3.80. The predicted octanol–water partition coefficient (Wildman–Crippen LogP) is 0.169. The summed E-state index contributed by atoms with van der Waals surface area (Å²) < 4.78 is 22.6. The zero-order valence-electron chi connectivity index (χ0n) is 9.60. The molecule has 0 radical (unpaired) electrons. The third kappa shape index (κ3) is 3.43. The summed E-state index contributed by atoms with van der Waals surface area (Å²) in [4.78, 5) is 0. The highest BCUT2D eigenvalue weighted by Crippen LogP contribution is 2.15. The molecular formula is C10H21NO3S. The third-order valence-electron chi connectivity index (χ3n) is 3.00. The average Bonchev–Trinajstić information content (AvgIpc) is 2.34. The summed E-state index contributed by atoms with van der Waals surface area (Å²) in [7, 11) is -3.04. The van der Waals surface area contributed by atoms with E-state index in [9.17, 15) is 13.5 Å². The Morgan fingerprint density at radius 2 is 2.00 bits per heavy atom. The van der Waals surface area contributed by atoms with Gasteiger partial charge in [0.2, 0.25) is 0 Å². The second-order valence-corrected chi connectivity index (χ2v) is 6.83. The Balaban J connectivity index is 2.59. The van der Waals surface area contributed by atoms with Gasteiger partial charge in [-0.15, -0.1) is 0 Å². The summed E-state index contributed by atoms with van der Waals surface area (Å²) in [6.07, 6.45) is 0.198. The van der Waals surface area contributed by atoms with Gasteiger partial charge in [-0.2, -0.15) is 0 Å². The molecule has 1 fully saturated rings. The molecule has 0 saturated carbocycles. The molecule has 0 bridgehead atoms. The maximum absolute atomic E-state index is 11.3. The van der Waals surface area contributed by atoms with Gasteiger partial charge < -0.3 is 10.4 Å². The zero-order valence-corrected chi connectivity index (χ0v) is 10.4. The number of aliphatic hydroxyl groups excluding tert-OH is 1. The van der Waals surface area contributed by atoms with Crippen LogP contribution in [0.25, 0.3) is 0 Å². The van der Waals surface area contributed by atoms with Crippen molar-refractivity contribution in [1.82, 2.24) is 5.32 Å². The van der Waals surface area contributed by atoms with Crippen molar-refractivity contribution in [1.29, 1.82) is 0 Å². The molecule has 1 saturated heterocycles. The predicted molar refractivity (Wildman–Crippen MR) is 60.5 cm³/mol. The lowest BCUT2D eigenvalue weighted by molar-refractivity contribution is 0.152. The molecule has 0 amide bonds. The Labute approximate surface area is 92.0 Å². The van der Waals surface area contributed by atoms with Gasteiger partial charge in [-0.05, 0) is 12.3 Å². The van der Waals surface area contributed by atoms with Crippen LogP contribution in [0, 0.1) is 5.92 Å². The van der Waals surface area contributed by atoms with Gasteiger partial charge in [-0.1, -0.05) is 20.8 Å². The largest absolute Gasteiger partial charge is 0.390 e. The maximum atomic E-state index is 11.3. The third-order valence-corrected chi connectivity index (χ3v) is 4.71. The standard InChI is InChI=1S/C10H21NO3S/c1-4-8(7(2)3)11-9-5-15(13,14)6-10(9)12/h7-12H,4-6H2,1-3H3. The molecule has 0 spiro atoms. The minimum Gasteiger partial charge on any atom is -0.390 e. The van der Waals surface area contributed by atoms with E-state index in [0.717, 1.165) is 6.42 Å². The fourth-order valence-electron chi connectivity index (χ4n) is 2.04. The van der Waals surface area contributed by atoms with Gasteiger partial charge in [0.25, 0.3) is 0 Å². The molecule has 90 valence electrons. The number of sulfone groups is 1. The number of nitrogens with one attached hydrogen (secondary N) is 1. The summed E-state index contributed by atoms with van der Waals surface area (Å²) >= 11 is 0. The number of rotatable bonds is 4. The van der Waals surface area contributed by atoms with Crippen LogP contribution in [0.4, 0.5) is 0 Å². The number of aliphatic hydroxyl groups is 1. The molecule has 1 heterocycles. The smallest absolute Gasteiger partial charge is 0.154 e. The molecule has 2 N–H and O–H groups in total. The number of hydrogen-bond donors (Lipinski definition) is 2. The molecule has 0 aromatic carbocycles. The van der Waals surface area contributed by atoms with E-state index in [4.69, 9.17) is 0 Å². The molecule has 0 aliphatic carbocycles. The van der Waals surface area contributed by atoms with E-state index < -0.39 is 15.9 Å². The monoisotopic (exact) mass is 235 g/mol. The first kappa shape index (κ1) is 12.9. The molecular weight excluding hydrogens is 214 g/mol. The Morgan fingerprint density at radius 3 is 2.33 bits per heavy atom. The summed E-state index contributed by atoms with van der Waals surface area (Å²) in [5, 5.41) is 12.9. The van der Waals surface area contributed by atoms with E-state index >= 15 is 0 Å². The molecule has 1 rings (SSSR count). The summed E-state index contributed by atoms with van der Waals surface area (Å²) in [5.74, 6) is 0.418. The minimum atomic E-state index is -3.04. The minimum absolute atomic E-state index is 0.0669. The van der Waals surface area contributed by atoms with Crippen molar-refractivity contribution in [3.8, 4) is 0 Å². The Morgan fingerprint density at radius 1 is 1.40 bits per heavy atom. The zero-order chi connectivity index (χ0) is 11.6. The first-order valence-corrected chi connectivity index (χ1v) is 7.32. The van der Waals surface area contributed by atoms with E-state index in [0.29, 0.717) is 5.92 Å². The summed E-state index contributed by atoms with van der Waals surface area (Å²) in [6, 6.07) is -0.0136. The van der Waals surface area contributed by atoms with E-state index in [1.807, 2.05) is 0 Å². The van der Waals surface area contributed by atoms with Crippen molar-refractivity contribution < 1.29 is 13.5 Å². The van der Waals surface area contributed by atoms with E-state index in [2.05, 4.69) is 26.1 Å². The Kier molecular flexibility index (Phi) is 4.14. The normalized spacial score (nSPS) is 32.1. The van der Waals surface area contributed by atoms with Crippen LogP contribution < -0.4 is 5.32 Å². The number of hydrogen-bond acceptors (Lipinski definition) is 4. The van der Waals surface area contributed by atoms with Crippen LogP contribution in [0.2, 0.25) is 0 Å². The molecule has 1 aliphatic rings.